The SMILES string of the molecule is Cc1cc(-c2ccc3c(c2)sc2ccc(-c4ccccc4)cc23)ncc1-c1ccccc1. The Morgan fingerprint density at radius 2 is 1.28 bits per heavy atom. The van der Waals surface area contributed by atoms with Crippen LogP contribution in [0.4, 0.5) is 0 Å². The van der Waals surface area contributed by atoms with E-state index in [-0.39, 0.29) is 0 Å². The summed E-state index contributed by atoms with van der Waals surface area (Å²) in [6.07, 6.45) is 2.00. The number of thiophene rings is 1. The summed E-state index contributed by atoms with van der Waals surface area (Å²) in [4.78, 5) is 4.81. The second kappa shape index (κ2) is 7.74. The second-order valence-corrected chi connectivity index (χ2v) is 9.22. The zero-order valence-electron chi connectivity index (χ0n) is 17.7. The van der Waals surface area contributed by atoms with Gasteiger partial charge >= 0.3 is 0 Å². The molecule has 0 saturated carbocycles. The molecule has 6 aromatic rings. The molecule has 1 nitrogen and oxygen atoms in total. The zero-order chi connectivity index (χ0) is 21.5. The molecule has 0 bridgehead atoms. The van der Waals surface area contributed by atoms with Crippen molar-refractivity contribution in [2.24, 2.45) is 0 Å². The lowest BCUT2D eigenvalue weighted by atomic mass is 10.00. The van der Waals surface area contributed by atoms with Gasteiger partial charge in [0.05, 0.1) is 5.69 Å². The lowest BCUT2D eigenvalue weighted by Crippen LogP contribution is -1.89. The zero-order valence-corrected chi connectivity index (χ0v) is 18.6. The quantitative estimate of drug-likeness (QED) is 0.275. The number of pyridine rings is 1. The summed E-state index contributed by atoms with van der Waals surface area (Å²) in [5.41, 5.74) is 8.33. The molecule has 0 atom stereocenters. The molecular formula is C30H21NS. The first-order valence-electron chi connectivity index (χ1n) is 10.8. The number of nitrogens with zero attached hydrogens (tertiary/aromatic N) is 1. The standard InChI is InChI=1S/C30H21NS/c1-20-16-28(31-19-27(20)22-10-6-3-7-11-22)24-12-14-25-26-17-23(21-8-4-2-5-9-21)13-15-29(26)32-30(25)18-24/h2-19H,1H3. The molecule has 0 N–H and O–H groups in total. The monoisotopic (exact) mass is 427 g/mol. The normalized spacial score (nSPS) is 11.3. The van der Waals surface area contributed by atoms with Crippen LogP contribution in [0.3, 0.4) is 0 Å². The van der Waals surface area contributed by atoms with Crippen LogP contribution in [-0.2, 0) is 0 Å². The minimum Gasteiger partial charge on any atom is -0.256 e. The van der Waals surface area contributed by atoms with Gasteiger partial charge in [-0.2, -0.15) is 0 Å². The van der Waals surface area contributed by atoms with Gasteiger partial charge < -0.3 is 0 Å². The van der Waals surface area contributed by atoms with Gasteiger partial charge in [-0.05, 0) is 53.4 Å². The Hall–Kier alpha value is -3.75. The van der Waals surface area contributed by atoms with Gasteiger partial charge in [0.25, 0.3) is 0 Å². The summed E-state index contributed by atoms with van der Waals surface area (Å²) < 4.78 is 2.62. The third kappa shape index (κ3) is 3.30. The maximum absolute atomic E-state index is 4.81. The predicted molar refractivity (Wildman–Crippen MR) is 138 cm³/mol. The number of hydrogen-bond donors (Lipinski definition) is 0. The van der Waals surface area contributed by atoms with E-state index in [2.05, 4.69) is 104 Å². The average molecular weight is 428 g/mol. The van der Waals surface area contributed by atoms with E-state index in [1.165, 1.54) is 48.0 Å². The van der Waals surface area contributed by atoms with Crippen molar-refractivity contribution in [2.75, 3.05) is 0 Å². The summed E-state index contributed by atoms with van der Waals surface area (Å²) in [5, 5.41) is 2.63. The first-order chi connectivity index (χ1) is 15.8. The van der Waals surface area contributed by atoms with Gasteiger partial charge in [0.2, 0.25) is 0 Å². The Morgan fingerprint density at radius 1 is 0.562 bits per heavy atom. The van der Waals surface area contributed by atoms with Crippen LogP contribution in [-0.4, -0.2) is 4.98 Å². The molecule has 0 unspecified atom stereocenters. The highest BCUT2D eigenvalue weighted by atomic mass is 32.1. The van der Waals surface area contributed by atoms with Crippen LogP contribution >= 0.6 is 11.3 Å². The fourth-order valence-electron chi connectivity index (χ4n) is 4.38. The Bertz CT molecular complexity index is 1560. The molecular weight excluding hydrogens is 406 g/mol. The molecule has 152 valence electrons. The van der Waals surface area contributed by atoms with Crippen molar-refractivity contribution < 1.29 is 0 Å². The maximum atomic E-state index is 4.81. The molecule has 32 heavy (non-hydrogen) atoms. The van der Waals surface area contributed by atoms with Crippen molar-refractivity contribution in [3.63, 3.8) is 0 Å². The Kier molecular flexibility index (Phi) is 4.59. The molecule has 0 fully saturated rings. The molecule has 0 aliphatic rings. The number of fused-ring (bicyclic) bond motifs is 3. The van der Waals surface area contributed by atoms with Crippen LogP contribution in [0.2, 0.25) is 0 Å². The van der Waals surface area contributed by atoms with Crippen molar-refractivity contribution in [2.45, 2.75) is 6.92 Å². The molecule has 0 amide bonds. The average Bonchev–Trinajstić information content (AvgIpc) is 3.22. The van der Waals surface area contributed by atoms with E-state index >= 15 is 0 Å². The third-order valence-electron chi connectivity index (χ3n) is 6.07. The summed E-state index contributed by atoms with van der Waals surface area (Å²) in [6.45, 7) is 2.16. The molecule has 6 rings (SSSR count). The highest BCUT2D eigenvalue weighted by molar-refractivity contribution is 7.25. The molecule has 0 aliphatic heterocycles. The first-order valence-corrected chi connectivity index (χ1v) is 11.6. The number of benzene rings is 4. The molecule has 0 radical (unpaired) electrons. The Balaban J connectivity index is 1.42. The minimum atomic E-state index is 1.02. The molecule has 0 aliphatic carbocycles. The summed E-state index contributed by atoms with van der Waals surface area (Å²) in [6, 6.07) is 36.8. The molecule has 0 saturated heterocycles. The van der Waals surface area contributed by atoms with E-state index in [1.54, 1.807) is 0 Å². The summed E-state index contributed by atoms with van der Waals surface area (Å²) >= 11 is 1.85. The van der Waals surface area contributed by atoms with Gasteiger partial charge in [-0.25, -0.2) is 0 Å². The fourth-order valence-corrected chi connectivity index (χ4v) is 5.51. The molecule has 4 aromatic carbocycles. The molecule has 0 spiro atoms. The van der Waals surface area contributed by atoms with E-state index in [0.29, 0.717) is 0 Å². The Morgan fingerprint density at radius 3 is 2.03 bits per heavy atom. The predicted octanol–water partition coefficient (Wildman–Crippen LogP) is 8.76. The lowest BCUT2D eigenvalue weighted by Gasteiger charge is -2.08. The van der Waals surface area contributed by atoms with Crippen molar-refractivity contribution in [1.29, 1.82) is 0 Å². The van der Waals surface area contributed by atoms with E-state index in [4.69, 9.17) is 4.98 Å². The van der Waals surface area contributed by atoms with Gasteiger partial charge in [0, 0.05) is 37.5 Å². The fraction of sp³-hybridized carbons (Fsp3) is 0.0333. The highest BCUT2D eigenvalue weighted by Gasteiger charge is 2.10. The first kappa shape index (κ1) is 19.0. The van der Waals surface area contributed by atoms with Crippen LogP contribution < -0.4 is 0 Å². The van der Waals surface area contributed by atoms with E-state index in [1.807, 2.05) is 23.6 Å². The van der Waals surface area contributed by atoms with Crippen molar-refractivity contribution >= 4 is 31.5 Å². The van der Waals surface area contributed by atoms with Gasteiger partial charge in [-0.3, -0.25) is 4.98 Å². The molecule has 2 aromatic heterocycles. The van der Waals surface area contributed by atoms with Gasteiger partial charge in [0.1, 0.15) is 0 Å². The highest BCUT2D eigenvalue weighted by Crippen LogP contribution is 2.38. The van der Waals surface area contributed by atoms with Gasteiger partial charge in [-0.1, -0.05) is 78.9 Å². The largest absolute Gasteiger partial charge is 0.256 e. The Labute approximate surface area is 191 Å². The van der Waals surface area contributed by atoms with E-state index < -0.39 is 0 Å². The summed E-state index contributed by atoms with van der Waals surface area (Å²) in [5.74, 6) is 0. The topological polar surface area (TPSA) is 12.9 Å². The van der Waals surface area contributed by atoms with Gasteiger partial charge in [-0.15, -0.1) is 11.3 Å². The smallest absolute Gasteiger partial charge is 0.0705 e. The van der Waals surface area contributed by atoms with Crippen molar-refractivity contribution in [3.05, 3.63) is 115 Å². The lowest BCUT2D eigenvalue weighted by molar-refractivity contribution is 1.29. The van der Waals surface area contributed by atoms with E-state index in [9.17, 15) is 0 Å². The summed E-state index contributed by atoms with van der Waals surface area (Å²) in [7, 11) is 0. The number of aromatic nitrogens is 1. The van der Waals surface area contributed by atoms with Crippen molar-refractivity contribution in [1.82, 2.24) is 4.98 Å². The molecule has 2 heterocycles. The van der Waals surface area contributed by atoms with Gasteiger partial charge in [0.15, 0.2) is 0 Å². The van der Waals surface area contributed by atoms with Crippen LogP contribution in [0.25, 0.3) is 53.7 Å². The minimum absolute atomic E-state index is 1.02. The van der Waals surface area contributed by atoms with E-state index in [0.717, 1.165) is 11.3 Å². The molecule has 2 heteroatoms. The van der Waals surface area contributed by atoms with Crippen LogP contribution in [0.15, 0.2) is 109 Å². The number of aryl methyl sites for hydroxylation is 1. The van der Waals surface area contributed by atoms with Crippen LogP contribution in [0.5, 0.6) is 0 Å². The van der Waals surface area contributed by atoms with Crippen LogP contribution in [0.1, 0.15) is 5.56 Å². The van der Waals surface area contributed by atoms with Crippen LogP contribution in [0, 0.1) is 6.92 Å². The third-order valence-corrected chi connectivity index (χ3v) is 7.20. The second-order valence-electron chi connectivity index (χ2n) is 8.14. The number of rotatable bonds is 3. The van der Waals surface area contributed by atoms with Crippen molar-refractivity contribution in [3.8, 4) is 33.5 Å². The number of hydrogen-bond acceptors (Lipinski definition) is 2. The maximum Gasteiger partial charge on any atom is 0.0705 e.